The van der Waals surface area contributed by atoms with E-state index in [4.69, 9.17) is 20.8 Å². The highest BCUT2D eigenvalue weighted by molar-refractivity contribution is 6.30. The fourth-order valence-corrected chi connectivity index (χ4v) is 1.92. The molecule has 3 aromatic rings. The summed E-state index contributed by atoms with van der Waals surface area (Å²) < 4.78 is 10.8. The van der Waals surface area contributed by atoms with Gasteiger partial charge in [-0.05, 0) is 36.4 Å². The van der Waals surface area contributed by atoms with Crippen molar-refractivity contribution in [3.8, 4) is 5.75 Å². The van der Waals surface area contributed by atoms with E-state index in [-0.39, 0.29) is 24.4 Å². The van der Waals surface area contributed by atoms with Crippen LogP contribution in [0.4, 0.5) is 6.01 Å². The van der Waals surface area contributed by atoms with Crippen LogP contribution in [0.15, 0.2) is 59.0 Å². The van der Waals surface area contributed by atoms with E-state index in [9.17, 15) is 4.79 Å². The lowest BCUT2D eigenvalue weighted by Crippen LogP contribution is -2.11. The van der Waals surface area contributed by atoms with Crippen LogP contribution in [0, 0.1) is 0 Å². The number of nitrogens with zero attached hydrogens (tertiary/aromatic N) is 2. The van der Waals surface area contributed by atoms with Gasteiger partial charge in [0.1, 0.15) is 5.75 Å². The average molecular weight is 330 g/mol. The minimum atomic E-state index is -0.360. The van der Waals surface area contributed by atoms with Crippen molar-refractivity contribution in [2.75, 3.05) is 5.32 Å². The van der Waals surface area contributed by atoms with Crippen molar-refractivity contribution in [1.29, 1.82) is 0 Å². The lowest BCUT2D eigenvalue weighted by Gasteiger charge is -2.02. The summed E-state index contributed by atoms with van der Waals surface area (Å²) in [7, 11) is 0. The van der Waals surface area contributed by atoms with Crippen LogP contribution in [0.5, 0.6) is 5.75 Å². The topological polar surface area (TPSA) is 77.2 Å². The Labute approximate surface area is 137 Å². The average Bonchev–Trinajstić information content (AvgIpc) is 3.02. The van der Waals surface area contributed by atoms with E-state index in [0.717, 1.165) is 0 Å². The number of hydrogen-bond donors (Lipinski definition) is 1. The molecule has 7 heteroatoms. The zero-order valence-corrected chi connectivity index (χ0v) is 12.7. The summed E-state index contributed by atoms with van der Waals surface area (Å²) in [5.41, 5.74) is 0.440. The Bertz CT molecular complexity index is 788. The van der Waals surface area contributed by atoms with Gasteiger partial charge in [-0.15, -0.1) is 5.10 Å². The van der Waals surface area contributed by atoms with Crippen molar-refractivity contribution in [3.05, 3.63) is 71.1 Å². The number of para-hydroxylation sites is 1. The van der Waals surface area contributed by atoms with Crippen molar-refractivity contribution in [2.45, 2.75) is 6.61 Å². The summed E-state index contributed by atoms with van der Waals surface area (Å²) >= 11 is 5.78. The Balaban J connectivity index is 1.58. The first-order valence-electron chi connectivity index (χ1n) is 6.78. The maximum Gasteiger partial charge on any atom is 0.322 e. The molecule has 116 valence electrons. The predicted molar refractivity (Wildman–Crippen MR) is 84.5 cm³/mol. The smallest absolute Gasteiger partial charge is 0.322 e. The van der Waals surface area contributed by atoms with E-state index in [2.05, 4.69) is 15.5 Å². The van der Waals surface area contributed by atoms with Gasteiger partial charge in [0.25, 0.3) is 11.8 Å². The third-order valence-electron chi connectivity index (χ3n) is 2.90. The molecule has 0 bridgehead atoms. The molecule has 6 nitrogen and oxygen atoms in total. The van der Waals surface area contributed by atoms with Gasteiger partial charge in [0.15, 0.2) is 6.61 Å². The number of carbonyl (C=O) groups is 1. The minimum absolute atomic E-state index is 0.0108. The summed E-state index contributed by atoms with van der Waals surface area (Å²) in [6.07, 6.45) is 0. The van der Waals surface area contributed by atoms with Crippen molar-refractivity contribution >= 4 is 23.5 Å². The molecule has 0 spiro atoms. The standard InChI is InChI=1S/C16H12ClN3O3/c17-12-8-6-11(7-9-12)15(21)18-16-20-19-14(23-16)10-22-13-4-2-1-3-5-13/h1-9H,10H2,(H,18,20,21). The van der Waals surface area contributed by atoms with Crippen molar-refractivity contribution in [3.63, 3.8) is 0 Å². The van der Waals surface area contributed by atoms with E-state index in [1.54, 1.807) is 24.3 Å². The number of aromatic nitrogens is 2. The number of halogens is 1. The van der Waals surface area contributed by atoms with Gasteiger partial charge in [0.2, 0.25) is 0 Å². The number of ether oxygens (including phenoxy) is 1. The normalized spacial score (nSPS) is 10.3. The fraction of sp³-hybridized carbons (Fsp3) is 0.0625. The van der Waals surface area contributed by atoms with Gasteiger partial charge in [-0.1, -0.05) is 34.9 Å². The summed E-state index contributed by atoms with van der Waals surface area (Å²) in [6.45, 7) is 0.119. The van der Waals surface area contributed by atoms with Gasteiger partial charge in [-0.25, -0.2) is 0 Å². The highest BCUT2D eigenvalue weighted by Gasteiger charge is 2.12. The predicted octanol–water partition coefficient (Wildman–Crippen LogP) is 3.55. The summed E-state index contributed by atoms with van der Waals surface area (Å²) in [6, 6.07) is 15.7. The molecule has 0 fully saturated rings. The van der Waals surface area contributed by atoms with E-state index < -0.39 is 0 Å². The van der Waals surface area contributed by atoms with E-state index in [0.29, 0.717) is 16.3 Å². The molecular formula is C16H12ClN3O3. The molecule has 1 aromatic heterocycles. The molecule has 0 atom stereocenters. The lowest BCUT2D eigenvalue weighted by molar-refractivity contribution is 0.102. The number of benzene rings is 2. The molecule has 1 N–H and O–H groups in total. The Morgan fingerprint density at radius 3 is 2.57 bits per heavy atom. The second-order valence-electron chi connectivity index (χ2n) is 4.56. The first-order chi connectivity index (χ1) is 11.2. The number of nitrogens with one attached hydrogen (secondary N) is 1. The highest BCUT2D eigenvalue weighted by Crippen LogP contribution is 2.14. The summed E-state index contributed by atoms with van der Waals surface area (Å²) in [4.78, 5) is 12.0. The number of rotatable bonds is 5. The Hall–Kier alpha value is -2.86. The second kappa shape index (κ2) is 6.93. The Kier molecular flexibility index (Phi) is 4.54. The van der Waals surface area contributed by atoms with Crippen LogP contribution in [0.3, 0.4) is 0 Å². The van der Waals surface area contributed by atoms with Gasteiger partial charge in [-0.3, -0.25) is 10.1 Å². The monoisotopic (exact) mass is 329 g/mol. The molecule has 0 aliphatic rings. The van der Waals surface area contributed by atoms with Crippen LogP contribution < -0.4 is 10.1 Å². The Morgan fingerprint density at radius 2 is 1.83 bits per heavy atom. The number of hydrogen-bond acceptors (Lipinski definition) is 5. The van der Waals surface area contributed by atoms with Gasteiger partial charge >= 0.3 is 6.01 Å². The van der Waals surface area contributed by atoms with Crippen LogP contribution in [-0.4, -0.2) is 16.1 Å². The zero-order valence-electron chi connectivity index (χ0n) is 11.9. The second-order valence-corrected chi connectivity index (χ2v) is 5.00. The first-order valence-corrected chi connectivity index (χ1v) is 7.15. The third-order valence-corrected chi connectivity index (χ3v) is 3.15. The molecule has 1 amide bonds. The molecule has 2 aromatic carbocycles. The molecule has 0 radical (unpaired) electrons. The summed E-state index contributed by atoms with van der Waals surface area (Å²) in [5, 5.41) is 10.6. The van der Waals surface area contributed by atoms with Crippen LogP contribution in [0.2, 0.25) is 5.02 Å². The largest absolute Gasteiger partial charge is 0.484 e. The third kappa shape index (κ3) is 4.08. The molecule has 0 unspecified atom stereocenters. The van der Waals surface area contributed by atoms with Crippen molar-refractivity contribution in [1.82, 2.24) is 10.2 Å². The fourth-order valence-electron chi connectivity index (χ4n) is 1.79. The minimum Gasteiger partial charge on any atom is -0.484 e. The molecule has 3 rings (SSSR count). The van der Waals surface area contributed by atoms with Crippen LogP contribution in [-0.2, 0) is 6.61 Å². The van der Waals surface area contributed by atoms with E-state index in [1.165, 1.54) is 0 Å². The molecule has 0 aliphatic carbocycles. The maximum absolute atomic E-state index is 12.0. The summed E-state index contributed by atoms with van der Waals surface area (Å²) in [5.74, 6) is 0.596. The maximum atomic E-state index is 12.0. The van der Waals surface area contributed by atoms with Gasteiger partial charge in [0, 0.05) is 10.6 Å². The van der Waals surface area contributed by atoms with Gasteiger partial charge in [-0.2, -0.15) is 0 Å². The van der Waals surface area contributed by atoms with E-state index in [1.807, 2.05) is 30.3 Å². The van der Waals surface area contributed by atoms with Gasteiger partial charge in [0.05, 0.1) is 0 Å². The molecular weight excluding hydrogens is 318 g/mol. The number of carbonyl (C=O) groups excluding carboxylic acids is 1. The highest BCUT2D eigenvalue weighted by atomic mass is 35.5. The molecule has 0 saturated heterocycles. The van der Waals surface area contributed by atoms with Crippen molar-refractivity contribution in [2.24, 2.45) is 0 Å². The number of anilines is 1. The first kappa shape index (κ1) is 15.1. The molecule has 0 aliphatic heterocycles. The van der Waals surface area contributed by atoms with Crippen LogP contribution in [0.1, 0.15) is 16.2 Å². The molecule has 1 heterocycles. The molecule has 23 heavy (non-hydrogen) atoms. The number of amides is 1. The Morgan fingerprint density at radius 1 is 1.09 bits per heavy atom. The van der Waals surface area contributed by atoms with Gasteiger partial charge < -0.3 is 9.15 Å². The zero-order chi connectivity index (χ0) is 16.1. The van der Waals surface area contributed by atoms with E-state index >= 15 is 0 Å². The SMILES string of the molecule is O=C(Nc1nnc(COc2ccccc2)o1)c1ccc(Cl)cc1. The van der Waals surface area contributed by atoms with Crippen molar-refractivity contribution < 1.29 is 13.9 Å². The lowest BCUT2D eigenvalue weighted by atomic mass is 10.2. The quantitative estimate of drug-likeness (QED) is 0.774. The molecule has 0 saturated carbocycles. The van der Waals surface area contributed by atoms with Crippen LogP contribution in [0.25, 0.3) is 0 Å². The van der Waals surface area contributed by atoms with Crippen LogP contribution >= 0.6 is 11.6 Å².